The predicted molar refractivity (Wildman–Crippen MR) is 102 cm³/mol. The Kier molecular flexibility index (Phi) is 8.52. The van der Waals surface area contributed by atoms with Crippen LogP contribution in [-0.2, 0) is 9.53 Å². The van der Waals surface area contributed by atoms with E-state index in [1.54, 1.807) is 0 Å². The zero-order chi connectivity index (χ0) is 18.1. The number of hydrogen-bond acceptors (Lipinski definition) is 3. The van der Waals surface area contributed by atoms with Crippen LogP contribution in [0.3, 0.4) is 0 Å². The van der Waals surface area contributed by atoms with Crippen LogP contribution in [0.15, 0.2) is 4.99 Å². The Morgan fingerprint density at radius 3 is 2.36 bits per heavy atom. The maximum atomic E-state index is 11.6. The van der Waals surface area contributed by atoms with E-state index in [4.69, 9.17) is 4.74 Å². The fourth-order valence-corrected chi connectivity index (χ4v) is 3.58. The van der Waals surface area contributed by atoms with Gasteiger partial charge in [-0.2, -0.15) is 0 Å². The Balaban J connectivity index is 1.61. The van der Waals surface area contributed by atoms with E-state index in [1.807, 2.05) is 20.9 Å². The second kappa shape index (κ2) is 10.6. The molecule has 0 aromatic rings. The van der Waals surface area contributed by atoms with Crippen molar-refractivity contribution in [2.24, 2.45) is 16.8 Å². The van der Waals surface area contributed by atoms with Gasteiger partial charge in [0.25, 0.3) is 0 Å². The molecule has 0 aromatic heterocycles. The molecule has 6 heteroatoms. The van der Waals surface area contributed by atoms with Crippen molar-refractivity contribution in [3.05, 3.63) is 0 Å². The van der Waals surface area contributed by atoms with Crippen LogP contribution in [0.1, 0.15) is 52.4 Å². The molecule has 0 unspecified atom stereocenters. The van der Waals surface area contributed by atoms with Gasteiger partial charge in [-0.25, -0.2) is 0 Å². The van der Waals surface area contributed by atoms with Crippen LogP contribution in [0, 0.1) is 11.8 Å². The first-order valence-corrected chi connectivity index (χ1v) is 9.95. The van der Waals surface area contributed by atoms with E-state index in [0.717, 1.165) is 44.4 Å². The van der Waals surface area contributed by atoms with Crippen LogP contribution in [0.2, 0.25) is 0 Å². The van der Waals surface area contributed by atoms with E-state index < -0.39 is 0 Å². The fraction of sp³-hybridized carbons (Fsp3) is 0.895. The largest absolute Gasteiger partial charge is 0.378 e. The Labute approximate surface area is 152 Å². The second-order valence-electron chi connectivity index (χ2n) is 7.59. The molecule has 1 saturated carbocycles. The van der Waals surface area contributed by atoms with Crippen molar-refractivity contribution in [2.75, 3.05) is 39.8 Å². The molecular weight excluding hydrogens is 316 g/mol. The first-order valence-electron chi connectivity index (χ1n) is 9.95. The van der Waals surface area contributed by atoms with Crippen molar-refractivity contribution >= 4 is 11.9 Å². The molecule has 144 valence electrons. The molecule has 2 rings (SSSR count). The normalized spacial score (nSPS) is 20.3. The van der Waals surface area contributed by atoms with Crippen molar-refractivity contribution in [1.29, 1.82) is 0 Å². The maximum absolute atomic E-state index is 11.6. The summed E-state index contributed by atoms with van der Waals surface area (Å²) in [4.78, 5) is 18.2. The van der Waals surface area contributed by atoms with Gasteiger partial charge in [-0.05, 0) is 31.6 Å². The van der Waals surface area contributed by atoms with Gasteiger partial charge < -0.3 is 20.3 Å². The van der Waals surface area contributed by atoms with Crippen molar-refractivity contribution in [2.45, 2.75) is 58.5 Å². The van der Waals surface area contributed by atoms with Crippen molar-refractivity contribution in [3.63, 3.8) is 0 Å². The van der Waals surface area contributed by atoms with Gasteiger partial charge in [0, 0.05) is 45.8 Å². The summed E-state index contributed by atoms with van der Waals surface area (Å²) < 4.78 is 6.14. The quantitative estimate of drug-likeness (QED) is 0.418. The lowest BCUT2D eigenvalue weighted by Gasteiger charge is -2.34. The summed E-state index contributed by atoms with van der Waals surface area (Å²) in [7, 11) is 1.82. The predicted octanol–water partition coefficient (Wildman–Crippen LogP) is 2.01. The number of ether oxygens (including phenoxy) is 1. The molecule has 0 bridgehead atoms. The van der Waals surface area contributed by atoms with Gasteiger partial charge in [-0.1, -0.05) is 26.7 Å². The van der Waals surface area contributed by atoms with Gasteiger partial charge in [0.1, 0.15) is 0 Å². The third-order valence-corrected chi connectivity index (χ3v) is 5.23. The number of hydrogen-bond donors (Lipinski definition) is 2. The maximum Gasteiger partial charge on any atom is 0.222 e. The van der Waals surface area contributed by atoms with Crippen molar-refractivity contribution < 1.29 is 9.53 Å². The molecule has 2 N–H and O–H groups in total. The zero-order valence-corrected chi connectivity index (χ0v) is 16.2. The Hall–Kier alpha value is -1.30. The molecule has 2 fully saturated rings. The van der Waals surface area contributed by atoms with E-state index in [0.29, 0.717) is 19.2 Å². The summed E-state index contributed by atoms with van der Waals surface area (Å²) in [6, 6.07) is 0. The number of piperidine rings is 1. The minimum Gasteiger partial charge on any atom is -0.378 e. The standard InChI is InChI=1S/C19H36N4O2/c1-15(2)18(24)21-10-11-22-19(20-3)23-12-8-17(9-13-23)25-14-16-6-4-5-7-16/h15-17H,4-14H2,1-3H3,(H,20,22)(H,21,24). The molecule has 0 spiro atoms. The molecule has 6 nitrogen and oxygen atoms in total. The molecule has 0 atom stereocenters. The van der Waals surface area contributed by atoms with Gasteiger partial charge in [-0.3, -0.25) is 9.79 Å². The summed E-state index contributed by atoms with van der Waals surface area (Å²) in [5.41, 5.74) is 0. The molecule has 1 aliphatic carbocycles. The van der Waals surface area contributed by atoms with Crippen molar-refractivity contribution in [1.82, 2.24) is 15.5 Å². The molecule has 1 amide bonds. The first kappa shape index (κ1) is 20.0. The number of rotatable bonds is 7. The fourth-order valence-electron chi connectivity index (χ4n) is 3.58. The highest BCUT2D eigenvalue weighted by Crippen LogP contribution is 2.26. The summed E-state index contributed by atoms with van der Waals surface area (Å²) >= 11 is 0. The van der Waals surface area contributed by atoms with E-state index in [2.05, 4.69) is 20.5 Å². The summed E-state index contributed by atoms with van der Waals surface area (Å²) in [5, 5.41) is 6.27. The molecule has 2 aliphatic rings. The molecule has 1 aliphatic heterocycles. The highest BCUT2D eigenvalue weighted by atomic mass is 16.5. The average Bonchev–Trinajstić information content (AvgIpc) is 3.14. The number of amides is 1. The summed E-state index contributed by atoms with van der Waals surface area (Å²) in [6.07, 6.45) is 8.00. The van der Waals surface area contributed by atoms with Crippen LogP contribution in [0.25, 0.3) is 0 Å². The van der Waals surface area contributed by atoms with Gasteiger partial charge in [0.15, 0.2) is 5.96 Å². The number of likely N-dealkylation sites (tertiary alicyclic amines) is 1. The van der Waals surface area contributed by atoms with Gasteiger partial charge in [0.05, 0.1) is 6.10 Å². The lowest BCUT2D eigenvalue weighted by atomic mass is 10.1. The number of nitrogens with one attached hydrogen (secondary N) is 2. The Morgan fingerprint density at radius 1 is 1.12 bits per heavy atom. The first-order chi connectivity index (χ1) is 12.1. The highest BCUT2D eigenvalue weighted by molar-refractivity contribution is 5.80. The SMILES string of the molecule is CN=C(NCCNC(=O)C(C)C)N1CCC(OCC2CCCC2)CC1. The lowest BCUT2D eigenvalue weighted by molar-refractivity contribution is -0.123. The number of carbonyl (C=O) groups excluding carboxylic acids is 1. The van der Waals surface area contributed by atoms with Gasteiger partial charge in [-0.15, -0.1) is 0 Å². The second-order valence-corrected chi connectivity index (χ2v) is 7.59. The average molecular weight is 353 g/mol. The van der Waals surface area contributed by atoms with Gasteiger partial charge in [0.2, 0.25) is 5.91 Å². The molecule has 1 saturated heterocycles. The van der Waals surface area contributed by atoms with Gasteiger partial charge >= 0.3 is 0 Å². The van der Waals surface area contributed by atoms with Crippen LogP contribution in [0.5, 0.6) is 0 Å². The third-order valence-electron chi connectivity index (χ3n) is 5.23. The Bertz CT molecular complexity index is 425. The Morgan fingerprint density at radius 2 is 1.76 bits per heavy atom. The number of guanidine groups is 1. The number of carbonyl (C=O) groups is 1. The molecule has 0 radical (unpaired) electrons. The minimum atomic E-state index is 0.0302. The molecule has 1 heterocycles. The highest BCUT2D eigenvalue weighted by Gasteiger charge is 2.23. The molecule has 0 aromatic carbocycles. The zero-order valence-electron chi connectivity index (χ0n) is 16.2. The third kappa shape index (κ3) is 6.84. The summed E-state index contributed by atoms with van der Waals surface area (Å²) in [5.74, 6) is 1.85. The lowest BCUT2D eigenvalue weighted by Crippen LogP contribution is -2.48. The van der Waals surface area contributed by atoms with Crippen LogP contribution in [-0.4, -0.2) is 62.7 Å². The number of nitrogens with zero attached hydrogens (tertiary/aromatic N) is 2. The van der Waals surface area contributed by atoms with E-state index in [-0.39, 0.29) is 11.8 Å². The van der Waals surface area contributed by atoms with Crippen molar-refractivity contribution in [3.8, 4) is 0 Å². The smallest absolute Gasteiger partial charge is 0.222 e. The van der Waals surface area contributed by atoms with E-state index >= 15 is 0 Å². The van der Waals surface area contributed by atoms with E-state index in [1.165, 1.54) is 25.7 Å². The van der Waals surface area contributed by atoms with Crippen LogP contribution >= 0.6 is 0 Å². The van der Waals surface area contributed by atoms with Crippen LogP contribution < -0.4 is 10.6 Å². The van der Waals surface area contributed by atoms with E-state index in [9.17, 15) is 4.79 Å². The monoisotopic (exact) mass is 352 g/mol. The minimum absolute atomic E-state index is 0.0302. The molecule has 25 heavy (non-hydrogen) atoms. The topological polar surface area (TPSA) is 66.0 Å². The summed E-state index contributed by atoms with van der Waals surface area (Å²) in [6.45, 7) is 8.04. The number of aliphatic imine (C=N–C) groups is 1. The van der Waals surface area contributed by atoms with Crippen LogP contribution in [0.4, 0.5) is 0 Å². The molecular formula is C19H36N4O2.